The maximum Gasteiger partial charge on any atom is 0.185 e. The predicted octanol–water partition coefficient (Wildman–Crippen LogP) is 1.72. The summed E-state index contributed by atoms with van der Waals surface area (Å²) in [5.74, 6) is 0.182. The molecule has 0 spiro atoms. The third-order valence-corrected chi connectivity index (χ3v) is 1.70. The summed E-state index contributed by atoms with van der Waals surface area (Å²) in [6.07, 6.45) is 1.11. The molecule has 0 fully saturated rings. The van der Waals surface area contributed by atoms with Gasteiger partial charge in [-0.25, -0.2) is 0 Å². The monoisotopic (exact) mass is 185 g/mol. The van der Waals surface area contributed by atoms with E-state index in [1.165, 1.54) is 0 Å². The van der Waals surface area contributed by atoms with Gasteiger partial charge in [0.25, 0.3) is 0 Å². The molecule has 3 nitrogen and oxygen atoms in total. The van der Waals surface area contributed by atoms with Crippen molar-refractivity contribution < 1.29 is 0 Å². The van der Waals surface area contributed by atoms with Crippen LogP contribution in [0.4, 0.5) is 0 Å². The summed E-state index contributed by atoms with van der Waals surface area (Å²) in [6.45, 7) is 11.8. The molecule has 0 aromatic rings. The normalized spacial score (nSPS) is 12.7. The zero-order chi connectivity index (χ0) is 10.7. The molecule has 78 valence electrons. The molecule has 0 aromatic heterocycles. The topological polar surface area (TPSA) is 64.4 Å². The molecule has 0 aliphatic rings. The van der Waals surface area contributed by atoms with Crippen molar-refractivity contribution in [1.82, 2.24) is 0 Å². The summed E-state index contributed by atoms with van der Waals surface area (Å²) in [5, 5.41) is 0. The van der Waals surface area contributed by atoms with Crippen LogP contribution in [0.3, 0.4) is 0 Å². The molecule has 0 aromatic carbocycles. The second-order valence-electron chi connectivity index (χ2n) is 5.64. The summed E-state index contributed by atoms with van der Waals surface area (Å²) in [5.41, 5.74) is 11.1. The Bertz CT molecular complexity index is 183. The fourth-order valence-electron chi connectivity index (χ4n) is 1.80. The molecular weight excluding hydrogens is 162 g/mol. The molecule has 0 saturated carbocycles. The Morgan fingerprint density at radius 1 is 1.08 bits per heavy atom. The summed E-state index contributed by atoms with van der Waals surface area (Å²) in [4.78, 5) is 4.05. The number of nitrogens with two attached hydrogens (primary N) is 2. The maximum absolute atomic E-state index is 5.29. The van der Waals surface area contributed by atoms with E-state index in [2.05, 4.69) is 39.6 Å². The number of rotatable bonds is 3. The largest absolute Gasteiger partial charge is 0.370 e. The molecule has 0 saturated heterocycles. The summed E-state index contributed by atoms with van der Waals surface area (Å²) in [7, 11) is 0. The zero-order valence-electron chi connectivity index (χ0n) is 9.52. The minimum atomic E-state index is 0.169. The average molecular weight is 185 g/mol. The first kappa shape index (κ1) is 12.3. The molecule has 0 atom stereocenters. The number of aliphatic imine (C=N–C) groups is 1. The molecule has 0 amide bonds. The van der Waals surface area contributed by atoms with E-state index in [9.17, 15) is 0 Å². The van der Waals surface area contributed by atoms with Crippen LogP contribution < -0.4 is 11.5 Å². The van der Waals surface area contributed by atoms with E-state index in [1.54, 1.807) is 0 Å². The molecule has 0 aliphatic heterocycles. The van der Waals surface area contributed by atoms with Gasteiger partial charge in [-0.15, -0.1) is 0 Å². The molecule has 3 heteroatoms. The van der Waals surface area contributed by atoms with Gasteiger partial charge in [-0.2, -0.15) is 0 Å². The van der Waals surface area contributed by atoms with Gasteiger partial charge in [-0.1, -0.05) is 34.6 Å². The van der Waals surface area contributed by atoms with E-state index in [0.717, 1.165) is 6.42 Å². The van der Waals surface area contributed by atoms with Gasteiger partial charge in [0.2, 0.25) is 0 Å². The Kier molecular flexibility index (Phi) is 3.76. The quantitative estimate of drug-likeness (QED) is 0.519. The van der Waals surface area contributed by atoms with Crippen molar-refractivity contribution in [2.75, 3.05) is 6.54 Å². The van der Waals surface area contributed by atoms with Crippen molar-refractivity contribution in [2.24, 2.45) is 27.3 Å². The first-order chi connectivity index (χ1) is 5.62. The Hall–Kier alpha value is -0.730. The van der Waals surface area contributed by atoms with Gasteiger partial charge in [0.1, 0.15) is 0 Å². The summed E-state index contributed by atoms with van der Waals surface area (Å²) in [6, 6.07) is 0. The second kappa shape index (κ2) is 3.99. The van der Waals surface area contributed by atoms with Gasteiger partial charge in [0, 0.05) is 6.54 Å². The lowest BCUT2D eigenvalue weighted by Crippen LogP contribution is -2.28. The predicted molar refractivity (Wildman–Crippen MR) is 58.5 cm³/mol. The van der Waals surface area contributed by atoms with Gasteiger partial charge in [-0.3, -0.25) is 4.99 Å². The molecule has 0 rings (SSSR count). The number of guanidine groups is 1. The first-order valence-electron chi connectivity index (χ1n) is 4.68. The van der Waals surface area contributed by atoms with Crippen LogP contribution in [0, 0.1) is 10.8 Å². The van der Waals surface area contributed by atoms with E-state index in [4.69, 9.17) is 11.5 Å². The summed E-state index contributed by atoms with van der Waals surface area (Å²) >= 11 is 0. The smallest absolute Gasteiger partial charge is 0.185 e. The summed E-state index contributed by atoms with van der Waals surface area (Å²) < 4.78 is 0. The van der Waals surface area contributed by atoms with Crippen LogP contribution in [0.25, 0.3) is 0 Å². The zero-order valence-corrected chi connectivity index (χ0v) is 9.52. The van der Waals surface area contributed by atoms with Gasteiger partial charge in [0.15, 0.2) is 5.96 Å². The fraction of sp³-hybridized carbons (Fsp3) is 0.900. The highest BCUT2D eigenvalue weighted by molar-refractivity contribution is 5.75. The number of hydrogen-bond acceptors (Lipinski definition) is 1. The third kappa shape index (κ3) is 7.62. The molecule has 0 unspecified atom stereocenters. The Morgan fingerprint density at radius 3 is 1.85 bits per heavy atom. The van der Waals surface area contributed by atoms with Gasteiger partial charge < -0.3 is 11.5 Å². The highest BCUT2D eigenvalue weighted by atomic mass is 15.0. The van der Waals surface area contributed by atoms with Crippen LogP contribution in [0.15, 0.2) is 4.99 Å². The Balaban J connectivity index is 4.17. The number of nitrogens with zero attached hydrogens (tertiary/aromatic N) is 1. The molecular formula is C10H23N3. The van der Waals surface area contributed by atoms with Crippen molar-refractivity contribution >= 4 is 5.96 Å². The molecule has 4 N–H and O–H groups in total. The van der Waals surface area contributed by atoms with Crippen molar-refractivity contribution in [3.05, 3.63) is 0 Å². The van der Waals surface area contributed by atoms with Crippen LogP contribution in [0.5, 0.6) is 0 Å². The second-order valence-corrected chi connectivity index (χ2v) is 5.64. The van der Waals surface area contributed by atoms with Crippen LogP contribution in [-0.2, 0) is 0 Å². The average Bonchev–Trinajstić information content (AvgIpc) is 1.78. The molecule has 0 radical (unpaired) electrons. The van der Waals surface area contributed by atoms with Gasteiger partial charge >= 0.3 is 0 Å². The lowest BCUT2D eigenvalue weighted by Gasteiger charge is -2.31. The highest BCUT2D eigenvalue weighted by Gasteiger charge is 2.24. The fourth-order valence-corrected chi connectivity index (χ4v) is 1.80. The van der Waals surface area contributed by atoms with E-state index in [0.29, 0.717) is 12.0 Å². The minimum absolute atomic E-state index is 0.169. The maximum atomic E-state index is 5.29. The van der Waals surface area contributed by atoms with E-state index in [1.807, 2.05) is 0 Å². The van der Waals surface area contributed by atoms with Crippen LogP contribution in [0.1, 0.15) is 41.0 Å². The van der Waals surface area contributed by atoms with Crippen molar-refractivity contribution in [1.29, 1.82) is 0 Å². The molecule has 0 bridgehead atoms. The van der Waals surface area contributed by atoms with Gasteiger partial charge in [0.05, 0.1) is 0 Å². The Labute approximate surface area is 81.6 Å². The minimum Gasteiger partial charge on any atom is -0.370 e. The van der Waals surface area contributed by atoms with Crippen LogP contribution >= 0.6 is 0 Å². The third-order valence-electron chi connectivity index (χ3n) is 1.70. The van der Waals surface area contributed by atoms with E-state index in [-0.39, 0.29) is 11.4 Å². The first-order valence-corrected chi connectivity index (χ1v) is 4.68. The van der Waals surface area contributed by atoms with Crippen LogP contribution in [0.2, 0.25) is 0 Å². The lowest BCUT2D eigenvalue weighted by atomic mass is 9.76. The molecule has 0 aliphatic carbocycles. The SMILES string of the molecule is CC(C)(C)CC(C)(C)CN=C(N)N. The molecule has 13 heavy (non-hydrogen) atoms. The van der Waals surface area contributed by atoms with Crippen LogP contribution in [-0.4, -0.2) is 12.5 Å². The molecule has 0 heterocycles. The van der Waals surface area contributed by atoms with E-state index >= 15 is 0 Å². The number of hydrogen-bond donors (Lipinski definition) is 2. The van der Waals surface area contributed by atoms with Crippen molar-refractivity contribution in [3.63, 3.8) is 0 Å². The van der Waals surface area contributed by atoms with Crippen molar-refractivity contribution in [2.45, 2.75) is 41.0 Å². The highest BCUT2D eigenvalue weighted by Crippen LogP contribution is 2.33. The van der Waals surface area contributed by atoms with Crippen molar-refractivity contribution in [3.8, 4) is 0 Å². The standard InChI is InChI=1S/C10H23N3/c1-9(2,3)6-10(4,5)7-13-8(11)12/h6-7H2,1-5H3,(H4,11,12,13). The lowest BCUT2D eigenvalue weighted by molar-refractivity contribution is 0.220. The van der Waals surface area contributed by atoms with Gasteiger partial charge in [-0.05, 0) is 17.3 Å². The Morgan fingerprint density at radius 2 is 1.54 bits per heavy atom. The van der Waals surface area contributed by atoms with E-state index < -0.39 is 0 Å².